The summed E-state index contributed by atoms with van der Waals surface area (Å²) < 4.78 is 39.1. The Bertz CT molecular complexity index is 1070. The molecule has 10 heteroatoms. The van der Waals surface area contributed by atoms with Gasteiger partial charge in [0.25, 0.3) is 5.91 Å². The standard InChI is InChI=1S/C24H27F3N6O/c1-28-14-21(24(25,26)27)29-10-11-32(2)19-12-16-13-20(19)33(15-16)23(34)18-7-4-3-6-17(18)22-30-8-5-9-31-22/h3-10,14,16,19-20,28H,11-13,15H2,1-2H3/b21-14-,29-10-. The smallest absolute Gasteiger partial charge is 0.392 e. The number of piperidine rings is 1. The van der Waals surface area contributed by atoms with E-state index in [0.29, 0.717) is 29.4 Å². The van der Waals surface area contributed by atoms with Crippen LogP contribution in [0.25, 0.3) is 11.4 Å². The van der Waals surface area contributed by atoms with E-state index in [1.165, 1.54) is 13.3 Å². The van der Waals surface area contributed by atoms with E-state index in [1.807, 2.05) is 35.0 Å². The lowest BCUT2D eigenvalue weighted by molar-refractivity contribution is -0.0926. The van der Waals surface area contributed by atoms with Gasteiger partial charge in [0, 0.05) is 62.6 Å². The first kappa shape index (κ1) is 23.9. The first-order valence-electron chi connectivity index (χ1n) is 11.1. The Balaban J connectivity index is 1.48. The maximum atomic E-state index is 13.6. The van der Waals surface area contributed by atoms with Crippen LogP contribution in [0.15, 0.2) is 59.6 Å². The molecular formula is C24H27F3N6O. The monoisotopic (exact) mass is 472 g/mol. The summed E-state index contributed by atoms with van der Waals surface area (Å²) in [5.41, 5.74) is 0.257. The Morgan fingerprint density at radius 1 is 1.24 bits per heavy atom. The molecule has 4 rings (SSSR count). The number of halogens is 3. The van der Waals surface area contributed by atoms with E-state index in [2.05, 4.69) is 20.3 Å². The molecule has 0 radical (unpaired) electrons. The van der Waals surface area contributed by atoms with Gasteiger partial charge in [0.1, 0.15) is 0 Å². The maximum absolute atomic E-state index is 13.6. The minimum absolute atomic E-state index is 0.00409. The molecule has 3 atom stereocenters. The summed E-state index contributed by atoms with van der Waals surface area (Å²) in [6.45, 7) is 0.927. The summed E-state index contributed by atoms with van der Waals surface area (Å²) in [7, 11) is 3.26. The fourth-order valence-electron chi connectivity index (χ4n) is 4.89. The number of aromatic nitrogens is 2. The molecule has 34 heavy (non-hydrogen) atoms. The van der Waals surface area contributed by atoms with Crippen molar-refractivity contribution >= 4 is 12.1 Å². The van der Waals surface area contributed by atoms with Crippen molar-refractivity contribution in [3.8, 4) is 11.4 Å². The molecule has 1 amide bonds. The third-order valence-corrected chi connectivity index (χ3v) is 6.41. The fourth-order valence-corrected chi connectivity index (χ4v) is 4.89. The van der Waals surface area contributed by atoms with E-state index in [9.17, 15) is 18.0 Å². The van der Waals surface area contributed by atoms with Crippen LogP contribution >= 0.6 is 0 Å². The first-order chi connectivity index (χ1) is 16.3. The van der Waals surface area contributed by atoms with Crippen molar-refractivity contribution in [2.24, 2.45) is 10.9 Å². The van der Waals surface area contributed by atoms with Gasteiger partial charge in [-0.1, -0.05) is 18.2 Å². The highest BCUT2D eigenvalue weighted by molar-refractivity contribution is 6.00. The molecule has 1 N–H and O–H groups in total. The highest BCUT2D eigenvalue weighted by Crippen LogP contribution is 2.41. The Labute approximate surface area is 196 Å². The average molecular weight is 473 g/mol. The van der Waals surface area contributed by atoms with Crippen LogP contribution in [0.1, 0.15) is 23.2 Å². The van der Waals surface area contributed by atoms with Gasteiger partial charge in [0.05, 0.1) is 5.56 Å². The van der Waals surface area contributed by atoms with Crippen LogP contribution in [0.2, 0.25) is 0 Å². The Morgan fingerprint density at radius 2 is 1.97 bits per heavy atom. The molecule has 0 spiro atoms. The minimum atomic E-state index is -4.52. The quantitative estimate of drug-likeness (QED) is 0.626. The molecule has 1 aromatic carbocycles. The van der Waals surface area contributed by atoms with Crippen molar-refractivity contribution in [2.75, 3.05) is 27.2 Å². The zero-order chi connectivity index (χ0) is 24.3. The van der Waals surface area contributed by atoms with Crippen molar-refractivity contribution in [1.82, 2.24) is 25.1 Å². The minimum Gasteiger partial charge on any atom is -0.392 e. The SMILES string of the molecule is CN/C=C(\N=C/CN(C)C1CC2CC1N(C(=O)c1ccccc1-c1ncccn1)C2)C(F)(F)F. The fraction of sp³-hybridized carbons (Fsp3) is 0.417. The largest absolute Gasteiger partial charge is 0.434 e. The van der Waals surface area contributed by atoms with Crippen molar-refractivity contribution in [2.45, 2.75) is 31.1 Å². The second-order valence-electron chi connectivity index (χ2n) is 8.61. The van der Waals surface area contributed by atoms with Gasteiger partial charge in [0.15, 0.2) is 11.5 Å². The molecule has 2 aliphatic rings. The van der Waals surface area contributed by atoms with Gasteiger partial charge in [-0.15, -0.1) is 0 Å². The van der Waals surface area contributed by atoms with Gasteiger partial charge in [-0.2, -0.15) is 13.2 Å². The molecule has 180 valence electrons. The van der Waals surface area contributed by atoms with Crippen molar-refractivity contribution in [3.63, 3.8) is 0 Å². The number of alkyl halides is 3. The second kappa shape index (κ2) is 9.92. The van der Waals surface area contributed by atoms with Crippen LogP contribution in [0, 0.1) is 5.92 Å². The second-order valence-corrected chi connectivity index (χ2v) is 8.61. The van der Waals surface area contributed by atoms with Gasteiger partial charge in [0.2, 0.25) is 0 Å². The molecule has 1 aliphatic carbocycles. The lowest BCUT2D eigenvalue weighted by Gasteiger charge is -2.38. The summed E-state index contributed by atoms with van der Waals surface area (Å²) in [6, 6.07) is 9.08. The topological polar surface area (TPSA) is 73.7 Å². The lowest BCUT2D eigenvalue weighted by atomic mass is 10.0. The molecule has 1 aliphatic heterocycles. The van der Waals surface area contributed by atoms with Crippen LogP contribution in [-0.4, -0.2) is 77.3 Å². The van der Waals surface area contributed by atoms with E-state index in [1.54, 1.807) is 24.5 Å². The summed E-state index contributed by atoms with van der Waals surface area (Å²) in [4.78, 5) is 29.7. The van der Waals surface area contributed by atoms with Gasteiger partial charge in [-0.25, -0.2) is 9.97 Å². The lowest BCUT2D eigenvalue weighted by Crippen LogP contribution is -2.51. The van der Waals surface area contributed by atoms with Gasteiger partial charge in [-0.05, 0) is 37.9 Å². The number of rotatable bonds is 7. The number of allylic oxidation sites excluding steroid dienone is 1. The van der Waals surface area contributed by atoms with Crippen LogP contribution < -0.4 is 5.32 Å². The third-order valence-electron chi connectivity index (χ3n) is 6.41. The van der Waals surface area contributed by atoms with E-state index in [0.717, 1.165) is 19.0 Å². The molecule has 2 heterocycles. The Morgan fingerprint density at radius 3 is 2.65 bits per heavy atom. The number of fused-ring (bicyclic) bond motifs is 2. The van der Waals surface area contributed by atoms with Crippen molar-refractivity contribution < 1.29 is 18.0 Å². The predicted molar refractivity (Wildman–Crippen MR) is 123 cm³/mol. The zero-order valence-electron chi connectivity index (χ0n) is 19.0. The highest BCUT2D eigenvalue weighted by Gasteiger charge is 2.48. The molecule has 1 saturated heterocycles. The number of aliphatic imine (C=N–C) groups is 1. The van der Waals surface area contributed by atoms with Gasteiger partial charge < -0.3 is 10.2 Å². The normalized spacial score (nSPS) is 22.7. The molecule has 2 fully saturated rings. The Hall–Kier alpha value is -3.27. The number of likely N-dealkylation sites (tertiary alicyclic amines) is 1. The summed E-state index contributed by atoms with van der Waals surface area (Å²) in [6.07, 6.45) is 2.66. The number of nitrogens with zero attached hydrogens (tertiary/aromatic N) is 5. The molecule has 2 aromatic rings. The van der Waals surface area contributed by atoms with Crippen LogP contribution in [0.3, 0.4) is 0 Å². The Kier molecular flexibility index (Phi) is 6.97. The zero-order valence-corrected chi connectivity index (χ0v) is 19.0. The molecule has 7 nitrogen and oxygen atoms in total. The third kappa shape index (κ3) is 4.96. The molecule has 3 unspecified atom stereocenters. The van der Waals surface area contributed by atoms with Crippen LogP contribution in [-0.2, 0) is 0 Å². The first-order valence-corrected chi connectivity index (χ1v) is 11.1. The number of amides is 1. The highest BCUT2D eigenvalue weighted by atomic mass is 19.4. The molecule has 1 saturated carbocycles. The number of hydrogen-bond acceptors (Lipinski definition) is 6. The molecule has 2 bridgehead atoms. The van der Waals surface area contributed by atoms with Crippen LogP contribution in [0.4, 0.5) is 13.2 Å². The van der Waals surface area contributed by atoms with Crippen molar-refractivity contribution in [1.29, 1.82) is 0 Å². The average Bonchev–Trinajstić information content (AvgIpc) is 3.44. The van der Waals surface area contributed by atoms with E-state index in [4.69, 9.17) is 0 Å². The van der Waals surface area contributed by atoms with Crippen LogP contribution in [0.5, 0.6) is 0 Å². The number of hydrogen-bond donors (Lipinski definition) is 1. The number of benzene rings is 1. The number of carbonyl (C=O) groups excluding carboxylic acids is 1. The summed E-state index contributed by atoms with van der Waals surface area (Å²) >= 11 is 0. The number of likely N-dealkylation sites (N-methyl/N-ethyl adjacent to an activating group) is 1. The van der Waals surface area contributed by atoms with Gasteiger partial charge >= 0.3 is 6.18 Å². The molecular weight excluding hydrogens is 445 g/mol. The summed E-state index contributed by atoms with van der Waals surface area (Å²) in [5, 5.41) is 2.38. The number of nitrogens with one attached hydrogen (secondary N) is 1. The van der Waals surface area contributed by atoms with E-state index >= 15 is 0 Å². The van der Waals surface area contributed by atoms with Crippen molar-refractivity contribution in [3.05, 3.63) is 60.2 Å². The molecule has 1 aromatic heterocycles. The van der Waals surface area contributed by atoms with E-state index in [-0.39, 0.29) is 24.5 Å². The van der Waals surface area contributed by atoms with Gasteiger partial charge in [-0.3, -0.25) is 14.7 Å². The maximum Gasteiger partial charge on any atom is 0.434 e. The summed E-state index contributed by atoms with van der Waals surface area (Å²) in [5.74, 6) is 0.794. The van der Waals surface area contributed by atoms with E-state index < -0.39 is 11.9 Å². The predicted octanol–water partition coefficient (Wildman–Crippen LogP) is 3.37. The number of carbonyl (C=O) groups is 1.